The highest BCUT2D eigenvalue weighted by Crippen LogP contribution is 2.16. The molecule has 0 aromatic carbocycles. The number of hydrogen-bond donors (Lipinski definition) is 1. The SMILES string of the molecule is CCC(C)(CCCl)NCCCOCC(F)(F)F. The van der Waals surface area contributed by atoms with Crippen molar-refractivity contribution in [1.29, 1.82) is 0 Å². The summed E-state index contributed by atoms with van der Waals surface area (Å²) in [4.78, 5) is 0. The molecule has 0 saturated heterocycles. The van der Waals surface area contributed by atoms with E-state index in [1.54, 1.807) is 0 Å². The van der Waals surface area contributed by atoms with Crippen molar-refractivity contribution < 1.29 is 17.9 Å². The van der Waals surface area contributed by atoms with Crippen LogP contribution in [-0.2, 0) is 4.74 Å². The summed E-state index contributed by atoms with van der Waals surface area (Å²) < 4.78 is 39.8. The molecule has 17 heavy (non-hydrogen) atoms. The van der Waals surface area contributed by atoms with Crippen LogP contribution in [0.1, 0.15) is 33.1 Å². The van der Waals surface area contributed by atoms with Crippen LogP contribution in [-0.4, -0.2) is 37.4 Å². The fraction of sp³-hybridized carbons (Fsp3) is 1.00. The van der Waals surface area contributed by atoms with E-state index >= 15 is 0 Å². The molecule has 0 aliphatic heterocycles. The summed E-state index contributed by atoms with van der Waals surface area (Å²) >= 11 is 5.69. The van der Waals surface area contributed by atoms with E-state index in [9.17, 15) is 13.2 Å². The Kier molecular flexibility index (Phi) is 8.16. The van der Waals surface area contributed by atoms with E-state index in [-0.39, 0.29) is 12.1 Å². The van der Waals surface area contributed by atoms with Gasteiger partial charge in [-0.25, -0.2) is 0 Å². The fourth-order valence-electron chi connectivity index (χ4n) is 1.35. The van der Waals surface area contributed by atoms with Crippen LogP contribution in [0.2, 0.25) is 0 Å². The Hall–Kier alpha value is -0.0000000000000000555. The highest BCUT2D eigenvalue weighted by molar-refractivity contribution is 6.17. The summed E-state index contributed by atoms with van der Waals surface area (Å²) in [5, 5.41) is 3.30. The highest BCUT2D eigenvalue weighted by atomic mass is 35.5. The maximum atomic E-state index is 11.8. The molecule has 2 nitrogen and oxygen atoms in total. The van der Waals surface area contributed by atoms with Gasteiger partial charge >= 0.3 is 6.18 Å². The first-order valence-electron chi connectivity index (χ1n) is 5.78. The zero-order valence-electron chi connectivity index (χ0n) is 10.4. The lowest BCUT2D eigenvalue weighted by Crippen LogP contribution is -2.42. The molecule has 1 atom stereocenters. The zero-order valence-corrected chi connectivity index (χ0v) is 11.1. The molecular formula is C11H21ClF3NO. The molecule has 0 aromatic heterocycles. The van der Waals surface area contributed by atoms with Crippen LogP contribution in [0.25, 0.3) is 0 Å². The predicted molar refractivity (Wildman–Crippen MR) is 63.5 cm³/mol. The van der Waals surface area contributed by atoms with Gasteiger partial charge in [-0.1, -0.05) is 6.92 Å². The molecule has 0 aliphatic rings. The zero-order chi connectivity index (χ0) is 13.4. The van der Waals surface area contributed by atoms with Crippen molar-refractivity contribution in [3.63, 3.8) is 0 Å². The molecule has 0 heterocycles. The minimum Gasteiger partial charge on any atom is -0.372 e. The topological polar surface area (TPSA) is 21.3 Å². The normalized spacial score (nSPS) is 15.9. The Bertz CT molecular complexity index is 202. The van der Waals surface area contributed by atoms with Crippen LogP contribution >= 0.6 is 11.6 Å². The van der Waals surface area contributed by atoms with E-state index in [1.807, 2.05) is 0 Å². The second-order valence-electron chi connectivity index (χ2n) is 4.30. The van der Waals surface area contributed by atoms with Crippen molar-refractivity contribution >= 4 is 11.6 Å². The van der Waals surface area contributed by atoms with Gasteiger partial charge in [0.25, 0.3) is 0 Å². The molecule has 1 unspecified atom stereocenters. The lowest BCUT2D eigenvalue weighted by molar-refractivity contribution is -0.174. The van der Waals surface area contributed by atoms with Crippen molar-refractivity contribution in [1.82, 2.24) is 5.32 Å². The van der Waals surface area contributed by atoms with Gasteiger partial charge in [0.1, 0.15) is 6.61 Å². The second-order valence-corrected chi connectivity index (χ2v) is 4.68. The van der Waals surface area contributed by atoms with Gasteiger partial charge in [0.2, 0.25) is 0 Å². The van der Waals surface area contributed by atoms with Gasteiger partial charge < -0.3 is 10.1 Å². The van der Waals surface area contributed by atoms with Gasteiger partial charge in [0, 0.05) is 18.0 Å². The summed E-state index contributed by atoms with van der Waals surface area (Å²) in [5.74, 6) is 0.571. The second kappa shape index (κ2) is 8.16. The predicted octanol–water partition coefficient (Wildman–Crippen LogP) is 3.34. The summed E-state index contributed by atoms with van der Waals surface area (Å²) in [6.45, 7) is 3.71. The summed E-state index contributed by atoms with van der Waals surface area (Å²) in [6.07, 6.45) is -1.89. The first kappa shape index (κ1) is 17.0. The Balaban J connectivity index is 3.56. The molecule has 0 spiro atoms. The van der Waals surface area contributed by atoms with Gasteiger partial charge in [-0.05, 0) is 32.7 Å². The molecule has 0 aromatic rings. The number of hydrogen-bond acceptors (Lipinski definition) is 2. The Morgan fingerprint density at radius 2 is 1.94 bits per heavy atom. The van der Waals surface area contributed by atoms with Crippen molar-refractivity contribution in [2.24, 2.45) is 0 Å². The molecule has 104 valence electrons. The van der Waals surface area contributed by atoms with Crippen LogP contribution in [0.5, 0.6) is 0 Å². The maximum Gasteiger partial charge on any atom is 0.411 e. The highest BCUT2D eigenvalue weighted by Gasteiger charge is 2.27. The average Bonchev–Trinajstić information content (AvgIpc) is 2.22. The third-order valence-corrected chi connectivity index (χ3v) is 2.90. The number of halogens is 4. The van der Waals surface area contributed by atoms with Gasteiger partial charge in [-0.3, -0.25) is 0 Å². The first-order chi connectivity index (χ1) is 7.83. The smallest absolute Gasteiger partial charge is 0.372 e. The average molecular weight is 276 g/mol. The van der Waals surface area contributed by atoms with E-state index in [0.29, 0.717) is 18.8 Å². The number of ether oxygens (including phenoxy) is 1. The molecule has 6 heteroatoms. The van der Waals surface area contributed by atoms with Crippen molar-refractivity contribution in [3.05, 3.63) is 0 Å². The lowest BCUT2D eigenvalue weighted by atomic mass is 9.95. The number of alkyl halides is 4. The Morgan fingerprint density at radius 1 is 1.29 bits per heavy atom. The fourth-order valence-corrected chi connectivity index (χ4v) is 1.77. The molecular weight excluding hydrogens is 255 g/mol. The Labute approximate surface area is 106 Å². The molecule has 0 amide bonds. The standard InChI is InChI=1S/C11H21ClF3NO/c1-3-10(2,5-6-12)16-7-4-8-17-9-11(13,14)15/h16H,3-9H2,1-2H3. The van der Waals surface area contributed by atoms with Crippen molar-refractivity contribution in [2.45, 2.75) is 44.8 Å². The number of nitrogens with one attached hydrogen (secondary N) is 1. The van der Waals surface area contributed by atoms with Crippen LogP contribution in [0, 0.1) is 0 Å². The largest absolute Gasteiger partial charge is 0.411 e. The van der Waals surface area contributed by atoms with E-state index in [4.69, 9.17) is 11.6 Å². The maximum absolute atomic E-state index is 11.8. The quantitative estimate of drug-likeness (QED) is 0.515. The Morgan fingerprint density at radius 3 is 2.41 bits per heavy atom. The molecule has 0 aliphatic carbocycles. The van der Waals surface area contributed by atoms with E-state index in [2.05, 4.69) is 23.9 Å². The molecule has 0 saturated carbocycles. The van der Waals surface area contributed by atoms with Crippen LogP contribution in [0.3, 0.4) is 0 Å². The molecule has 0 fully saturated rings. The van der Waals surface area contributed by atoms with Crippen LogP contribution in [0.4, 0.5) is 13.2 Å². The van der Waals surface area contributed by atoms with Crippen LogP contribution < -0.4 is 5.32 Å². The van der Waals surface area contributed by atoms with Crippen molar-refractivity contribution in [2.75, 3.05) is 25.6 Å². The van der Waals surface area contributed by atoms with E-state index in [0.717, 1.165) is 12.8 Å². The first-order valence-corrected chi connectivity index (χ1v) is 6.32. The number of rotatable bonds is 9. The van der Waals surface area contributed by atoms with Gasteiger partial charge in [-0.2, -0.15) is 13.2 Å². The summed E-state index contributed by atoms with van der Waals surface area (Å²) in [7, 11) is 0. The van der Waals surface area contributed by atoms with Gasteiger partial charge in [0.05, 0.1) is 0 Å². The third-order valence-electron chi connectivity index (χ3n) is 2.71. The van der Waals surface area contributed by atoms with E-state index in [1.165, 1.54) is 0 Å². The lowest BCUT2D eigenvalue weighted by Gasteiger charge is -2.29. The monoisotopic (exact) mass is 275 g/mol. The molecule has 0 rings (SSSR count). The van der Waals surface area contributed by atoms with Gasteiger partial charge in [-0.15, -0.1) is 11.6 Å². The minimum atomic E-state index is -4.23. The third kappa shape index (κ3) is 9.68. The van der Waals surface area contributed by atoms with E-state index < -0.39 is 12.8 Å². The summed E-state index contributed by atoms with van der Waals surface area (Å²) in [5.41, 5.74) is -0.0359. The van der Waals surface area contributed by atoms with Crippen LogP contribution in [0.15, 0.2) is 0 Å². The van der Waals surface area contributed by atoms with Crippen molar-refractivity contribution in [3.8, 4) is 0 Å². The molecule has 1 N–H and O–H groups in total. The molecule has 0 bridgehead atoms. The minimum absolute atomic E-state index is 0.0359. The molecule has 0 radical (unpaired) electrons. The van der Waals surface area contributed by atoms with Gasteiger partial charge in [0.15, 0.2) is 0 Å². The summed E-state index contributed by atoms with van der Waals surface area (Å²) in [6, 6.07) is 0.